The van der Waals surface area contributed by atoms with Crippen molar-refractivity contribution in [3.05, 3.63) is 35.9 Å². The molecule has 2 rings (SSSR count). The molecular formula is C15H24N2. The van der Waals surface area contributed by atoms with E-state index in [9.17, 15) is 0 Å². The average molecular weight is 232 g/mol. The van der Waals surface area contributed by atoms with Gasteiger partial charge < -0.3 is 5.73 Å². The van der Waals surface area contributed by atoms with Crippen molar-refractivity contribution in [3.63, 3.8) is 0 Å². The average Bonchev–Trinajstić information content (AvgIpc) is 2.30. The van der Waals surface area contributed by atoms with E-state index in [1.165, 1.54) is 31.5 Å². The zero-order valence-electron chi connectivity index (χ0n) is 11.0. The molecule has 17 heavy (non-hydrogen) atoms. The van der Waals surface area contributed by atoms with Crippen LogP contribution in [0.4, 0.5) is 0 Å². The number of rotatable bonds is 3. The Morgan fingerprint density at radius 2 is 2.00 bits per heavy atom. The Labute approximate surface area is 105 Å². The van der Waals surface area contributed by atoms with Crippen LogP contribution in [0.15, 0.2) is 30.3 Å². The Balaban J connectivity index is 2.17. The van der Waals surface area contributed by atoms with Crippen LogP contribution in [0.5, 0.6) is 0 Å². The Morgan fingerprint density at radius 3 is 2.59 bits per heavy atom. The summed E-state index contributed by atoms with van der Waals surface area (Å²) in [5, 5.41) is 0. The summed E-state index contributed by atoms with van der Waals surface area (Å²) < 4.78 is 0. The van der Waals surface area contributed by atoms with Crippen LogP contribution >= 0.6 is 0 Å². The summed E-state index contributed by atoms with van der Waals surface area (Å²) in [4.78, 5) is 2.56. The van der Waals surface area contributed by atoms with Crippen LogP contribution in [0.25, 0.3) is 0 Å². The minimum atomic E-state index is 0.183. The van der Waals surface area contributed by atoms with E-state index in [2.05, 4.69) is 49.1 Å². The van der Waals surface area contributed by atoms with Crippen molar-refractivity contribution < 1.29 is 0 Å². The topological polar surface area (TPSA) is 29.3 Å². The molecule has 3 atom stereocenters. The molecule has 1 aromatic rings. The molecule has 1 aliphatic rings. The van der Waals surface area contributed by atoms with Crippen LogP contribution in [-0.4, -0.2) is 24.0 Å². The van der Waals surface area contributed by atoms with Crippen LogP contribution in [0, 0.1) is 5.92 Å². The molecule has 0 spiro atoms. The molecule has 0 bridgehead atoms. The summed E-state index contributed by atoms with van der Waals surface area (Å²) in [6.07, 6.45) is 2.66. The van der Waals surface area contributed by atoms with E-state index in [0.29, 0.717) is 6.04 Å². The van der Waals surface area contributed by atoms with Crippen molar-refractivity contribution in [2.24, 2.45) is 11.7 Å². The molecule has 1 heterocycles. The van der Waals surface area contributed by atoms with Gasteiger partial charge in [0, 0.05) is 18.6 Å². The second kappa shape index (κ2) is 5.65. The minimum Gasteiger partial charge on any atom is -0.326 e. The molecule has 2 heteroatoms. The van der Waals surface area contributed by atoms with Crippen LogP contribution in [0.2, 0.25) is 0 Å². The predicted octanol–water partition coefficient (Wildman–Crippen LogP) is 2.81. The SMILES string of the molecule is CC1CCCN(C(c2ccccc2)C(C)N)C1. The molecule has 2 N–H and O–H groups in total. The highest BCUT2D eigenvalue weighted by molar-refractivity contribution is 5.20. The summed E-state index contributed by atoms with van der Waals surface area (Å²) in [5.74, 6) is 0.800. The predicted molar refractivity (Wildman–Crippen MR) is 72.8 cm³/mol. The third kappa shape index (κ3) is 3.08. The van der Waals surface area contributed by atoms with E-state index in [4.69, 9.17) is 5.73 Å². The van der Waals surface area contributed by atoms with Gasteiger partial charge in [-0.2, -0.15) is 0 Å². The van der Waals surface area contributed by atoms with Crippen LogP contribution < -0.4 is 5.73 Å². The second-order valence-electron chi connectivity index (χ2n) is 5.46. The lowest BCUT2D eigenvalue weighted by atomic mass is 9.93. The Hall–Kier alpha value is -0.860. The molecule has 1 aliphatic heterocycles. The fraction of sp³-hybridized carbons (Fsp3) is 0.600. The summed E-state index contributed by atoms with van der Waals surface area (Å²) in [5.41, 5.74) is 7.56. The molecule has 0 amide bonds. The smallest absolute Gasteiger partial charge is 0.0496 e. The standard InChI is InChI=1S/C15H24N2/c1-12-7-6-10-17(11-12)15(13(2)16)14-8-4-3-5-9-14/h3-5,8-9,12-13,15H,6-7,10-11,16H2,1-2H3. The van der Waals surface area contributed by atoms with Gasteiger partial charge in [0.25, 0.3) is 0 Å². The van der Waals surface area contributed by atoms with Crippen LogP contribution in [0.3, 0.4) is 0 Å². The number of nitrogens with two attached hydrogens (primary N) is 1. The summed E-state index contributed by atoms with van der Waals surface area (Å²) in [6, 6.07) is 11.2. The molecule has 1 fully saturated rings. The highest BCUT2D eigenvalue weighted by atomic mass is 15.2. The van der Waals surface area contributed by atoms with Crippen LogP contribution in [0.1, 0.15) is 38.3 Å². The summed E-state index contributed by atoms with van der Waals surface area (Å²) in [6.45, 7) is 6.83. The van der Waals surface area contributed by atoms with Gasteiger partial charge >= 0.3 is 0 Å². The number of hydrogen-bond acceptors (Lipinski definition) is 2. The molecular weight excluding hydrogens is 208 g/mol. The first-order valence-electron chi connectivity index (χ1n) is 6.73. The van der Waals surface area contributed by atoms with Crippen molar-refractivity contribution in [1.29, 1.82) is 0 Å². The van der Waals surface area contributed by atoms with Gasteiger partial charge in [-0.1, -0.05) is 37.3 Å². The van der Waals surface area contributed by atoms with E-state index in [1.54, 1.807) is 0 Å². The molecule has 3 unspecified atom stereocenters. The molecule has 1 saturated heterocycles. The zero-order valence-corrected chi connectivity index (χ0v) is 11.0. The fourth-order valence-electron chi connectivity index (χ4n) is 2.98. The highest BCUT2D eigenvalue weighted by Crippen LogP contribution is 2.28. The van der Waals surface area contributed by atoms with E-state index >= 15 is 0 Å². The maximum atomic E-state index is 6.20. The quantitative estimate of drug-likeness (QED) is 0.868. The fourth-order valence-corrected chi connectivity index (χ4v) is 2.98. The van der Waals surface area contributed by atoms with Crippen molar-refractivity contribution in [2.75, 3.05) is 13.1 Å². The first-order chi connectivity index (χ1) is 8.18. The molecule has 0 aromatic heterocycles. The third-order valence-electron chi connectivity index (χ3n) is 3.72. The lowest BCUT2D eigenvalue weighted by Crippen LogP contribution is -2.44. The number of hydrogen-bond donors (Lipinski definition) is 1. The van der Waals surface area contributed by atoms with Gasteiger partial charge in [-0.15, -0.1) is 0 Å². The zero-order chi connectivity index (χ0) is 12.3. The van der Waals surface area contributed by atoms with E-state index in [-0.39, 0.29) is 6.04 Å². The van der Waals surface area contributed by atoms with Crippen molar-refractivity contribution in [3.8, 4) is 0 Å². The monoisotopic (exact) mass is 232 g/mol. The van der Waals surface area contributed by atoms with Gasteiger partial charge in [-0.05, 0) is 37.8 Å². The van der Waals surface area contributed by atoms with Crippen molar-refractivity contribution in [1.82, 2.24) is 4.90 Å². The minimum absolute atomic E-state index is 0.183. The Kier molecular flexibility index (Phi) is 4.19. The van der Waals surface area contributed by atoms with Crippen molar-refractivity contribution >= 4 is 0 Å². The normalized spacial score (nSPS) is 25.5. The summed E-state index contributed by atoms with van der Waals surface area (Å²) >= 11 is 0. The van der Waals surface area contributed by atoms with Crippen molar-refractivity contribution in [2.45, 2.75) is 38.8 Å². The van der Waals surface area contributed by atoms with Gasteiger partial charge in [-0.25, -0.2) is 0 Å². The Bertz CT molecular complexity index is 334. The number of likely N-dealkylation sites (tertiary alicyclic amines) is 1. The summed E-state index contributed by atoms with van der Waals surface area (Å²) in [7, 11) is 0. The van der Waals surface area contributed by atoms with Gasteiger partial charge in [0.15, 0.2) is 0 Å². The number of piperidine rings is 1. The van der Waals surface area contributed by atoms with E-state index in [1.807, 2.05) is 0 Å². The molecule has 0 saturated carbocycles. The third-order valence-corrected chi connectivity index (χ3v) is 3.72. The molecule has 1 aromatic carbocycles. The van der Waals surface area contributed by atoms with E-state index < -0.39 is 0 Å². The van der Waals surface area contributed by atoms with Crippen LogP contribution in [-0.2, 0) is 0 Å². The van der Waals surface area contributed by atoms with Gasteiger partial charge in [0.1, 0.15) is 0 Å². The highest BCUT2D eigenvalue weighted by Gasteiger charge is 2.27. The van der Waals surface area contributed by atoms with Gasteiger partial charge in [0.05, 0.1) is 0 Å². The lowest BCUT2D eigenvalue weighted by molar-refractivity contribution is 0.116. The first kappa shape index (κ1) is 12.6. The maximum Gasteiger partial charge on any atom is 0.0496 e. The second-order valence-corrected chi connectivity index (χ2v) is 5.46. The number of nitrogens with zero attached hydrogens (tertiary/aromatic N) is 1. The molecule has 0 radical (unpaired) electrons. The van der Waals surface area contributed by atoms with E-state index in [0.717, 1.165) is 5.92 Å². The first-order valence-corrected chi connectivity index (χ1v) is 6.73. The van der Waals surface area contributed by atoms with Gasteiger partial charge in [0.2, 0.25) is 0 Å². The molecule has 0 aliphatic carbocycles. The molecule has 2 nitrogen and oxygen atoms in total. The maximum absolute atomic E-state index is 6.20. The Morgan fingerprint density at radius 1 is 1.29 bits per heavy atom. The molecule has 94 valence electrons. The lowest BCUT2D eigenvalue weighted by Gasteiger charge is -2.39. The van der Waals surface area contributed by atoms with Gasteiger partial charge in [-0.3, -0.25) is 4.90 Å². The largest absolute Gasteiger partial charge is 0.326 e. The number of benzene rings is 1.